The van der Waals surface area contributed by atoms with E-state index in [4.69, 9.17) is 0 Å². The number of hydrogen-bond acceptors (Lipinski definition) is 4. The van der Waals surface area contributed by atoms with Crippen molar-refractivity contribution in [2.45, 2.75) is 43.9 Å². The summed E-state index contributed by atoms with van der Waals surface area (Å²) in [7, 11) is -2.84. The maximum atomic E-state index is 11.7. The van der Waals surface area contributed by atoms with Crippen LogP contribution >= 0.6 is 0 Å². The van der Waals surface area contributed by atoms with E-state index in [0.717, 1.165) is 38.8 Å². The van der Waals surface area contributed by atoms with Gasteiger partial charge in [0.15, 0.2) is 9.84 Å². The Morgan fingerprint density at radius 2 is 1.94 bits per heavy atom. The lowest BCUT2D eigenvalue weighted by Gasteiger charge is -2.32. The van der Waals surface area contributed by atoms with E-state index in [1.54, 1.807) is 6.92 Å². The summed E-state index contributed by atoms with van der Waals surface area (Å²) in [6.07, 6.45) is 3.44. The maximum Gasteiger partial charge on any atom is 0.219 e. The number of rotatable bonds is 3. The highest BCUT2D eigenvalue weighted by atomic mass is 32.2. The van der Waals surface area contributed by atoms with Crippen molar-refractivity contribution in [1.29, 1.82) is 0 Å². The predicted octanol–water partition coefficient (Wildman–Crippen LogP) is 0.164. The Kier molecular flexibility index (Phi) is 4.27. The van der Waals surface area contributed by atoms with E-state index in [0.29, 0.717) is 18.3 Å². The molecule has 0 aromatic rings. The van der Waals surface area contributed by atoms with Gasteiger partial charge in [-0.3, -0.25) is 4.79 Å². The van der Waals surface area contributed by atoms with Crippen LogP contribution in [0.5, 0.6) is 0 Å². The average Bonchev–Trinajstić information content (AvgIpc) is 2.66. The van der Waals surface area contributed by atoms with Crippen molar-refractivity contribution < 1.29 is 13.2 Å². The summed E-state index contributed by atoms with van der Waals surface area (Å²) in [6.45, 7) is 3.74. The largest absolute Gasteiger partial charge is 0.343 e. The van der Waals surface area contributed by atoms with E-state index in [9.17, 15) is 13.2 Å². The third-order valence-electron chi connectivity index (χ3n) is 4.04. The van der Waals surface area contributed by atoms with E-state index in [1.807, 2.05) is 4.90 Å². The lowest BCUT2D eigenvalue weighted by atomic mass is 10.0. The minimum atomic E-state index is -2.84. The third kappa shape index (κ3) is 3.23. The Balaban J connectivity index is 1.74. The fourth-order valence-corrected chi connectivity index (χ4v) is 4.56. The number of likely N-dealkylation sites (tertiary alicyclic amines) is 1. The number of sulfone groups is 1. The van der Waals surface area contributed by atoms with E-state index in [2.05, 4.69) is 5.32 Å². The zero-order valence-corrected chi connectivity index (χ0v) is 11.7. The lowest BCUT2D eigenvalue weighted by Crippen LogP contribution is -2.46. The molecule has 2 fully saturated rings. The van der Waals surface area contributed by atoms with Gasteiger partial charge in [-0.15, -0.1) is 0 Å². The highest BCUT2D eigenvalue weighted by molar-refractivity contribution is 7.92. The van der Waals surface area contributed by atoms with Crippen molar-refractivity contribution in [3.8, 4) is 0 Å². The molecule has 2 heterocycles. The maximum absolute atomic E-state index is 11.7. The number of amides is 1. The van der Waals surface area contributed by atoms with E-state index >= 15 is 0 Å². The molecule has 0 aliphatic carbocycles. The average molecular weight is 274 g/mol. The van der Waals surface area contributed by atoms with Crippen LogP contribution in [0.4, 0.5) is 0 Å². The molecular weight excluding hydrogens is 252 g/mol. The second-order valence-electron chi connectivity index (χ2n) is 5.32. The van der Waals surface area contributed by atoms with Crippen molar-refractivity contribution in [2.75, 3.05) is 25.4 Å². The summed E-state index contributed by atoms with van der Waals surface area (Å²) in [5.74, 6) is 0.481. The molecule has 0 aromatic heterocycles. The van der Waals surface area contributed by atoms with Crippen LogP contribution in [0.25, 0.3) is 0 Å². The first kappa shape index (κ1) is 13.8. The first-order valence-electron chi connectivity index (χ1n) is 6.69. The fraction of sp³-hybridized carbons (Fsp3) is 0.917. The van der Waals surface area contributed by atoms with Gasteiger partial charge in [-0.25, -0.2) is 8.42 Å². The van der Waals surface area contributed by atoms with Crippen LogP contribution in [0.1, 0.15) is 32.6 Å². The molecule has 0 saturated carbocycles. The van der Waals surface area contributed by atoms with E-state index in [1.165, 1.54) is 0 Å². The van der Waals surface area contributed by atoms with Gasteiger partial charge < -0.3 is 10.2 Å². The summed E-state index contributed by atoms with van der Waals surface area (Å²) in [4.78, 5) is 13.0. The van der Waals surface area contributed by atoms with Crippen molar-refractivity contribution in [1.82, 2.24) is 10.2 Å². The molecule has 5 nitrogen and oxygen atoms in total. The number of carbonyl (C=O) groups excluding carboxylic acids is 1. The second-order valence-corrected chi connectivity index (χ2v) is 7.72. The van der Waals surface area contributed by atoms with Crippen LogP contribution in [0.2, 0.25) is 0 Å². The third-order valence-corrected chi connectivity index (χ3v) is 6.31. The topological polar surface area (TPSA) is 66.5 Å². The number of nitrogens with zero attached hydrogens (tertiary/aromatic N) is 1. The van der Waals surface area contributed by atoms with Crippen molar-refractivity contribution in [3.05, 3.63) is 0 Å². The molecule has 0 aromatic carbocycles. The van der Waals surface area contributed by atoms with Gasteiger partial charge in [-0.1, -0.05) is 0 Å². The van der Waals surface area contributed by atoms with Crippen LogP contribution in [-0.4, -0.2) is 55.9 Å². The van der Waals surface area contributed by atoms with Gasteiger partial charge in [0.1, 0.15) is 0 Å². The Morgan fingerprint density at radius 3 is 2.44 bits per heavy atom. The summed E-state index contributed by atoms with van der Waals surface area (Å²) in [5, 5.41) is 3.17. The minimum Gasteiger partial charge on any atom is -0.343 e. The van der Waals surface area contributed by atoms with Gasteiger partial charge in [0.2, 0.25) is 5.91 Å². The summed E-state index contributed by atoms with van der Waals surface area (Å²) in [6, 6.07) is 0.358. The van der Waals surface area contributed by atoms with Crippen LogP contribution in [0.3, 0.4) is 0 Å². The summed E-state index contributed by atoms with van der Waals surface area (Å²) >= 11 is 0. The number of nitrogens with one attached hydrogen (secondary N) is 1. The Morgan fingerprint density at radius 1 is 1.28 bits per heavy atom. The molecule has 1 amide bonds. The molecule has 2 rings (SSSR count). The van der Waals surface area contributed by atoms with Gasteiger partial charge >= 0.3 is 0 Å². The van der Waals surface area contributed by atoms with Crippen molar-refractivity contribution >= 4 is 15.7 Å². The molecular formula is C12H22N2O3S. The van der Waals surface area contributed by atoms with Crippen molar-refractivity contribution in [2.24, 2.45) is 0 Å². The summed E-state index contributed by atoms with van der Waals surface area (Å²) in [5.41, 5.74) is 0. The van der Waals surface area contributed by atoms with Gasteiger partial charge in [-0.2, -0.15) is 0 Å². The molecule has 2 saturated heterocycles. The van der Waals surface area contributed by atoms with E-state index < -0.39 is 9.84 Å². The Bertz CT molecular complexity index is 400. The molecule has 6 heteroatoms. The molecule has 0 bridgehead atoms. The first-order valence-corrected chi connectivity index (χ1v) is 8.41. The molecule has 2 aliphatic rings. The predicted molar refractivity (Wildman–Crippen MR) is 70.1 cm³/mol. The SMILES string of the molecule is CC(=O)N1CCC(NCC2CCCS2(=O)=O)CC1. The highest BCUT2D eigenvalue weighted by Crippen LogP contribution is 2.20. The first-order chi connectivity index (χ1) is 8.49. The second kappa shape index (κ2) is 5.57. The van der Waals surface area contributed by atoms with Gasteiger partial charge in [0.05, 0.1) is 11.0 Å². The highest BCUT2D eigenvalue weighted by Gasteiger charge is 2.31. The Labute approximate surface area is 109 Å². The van der Waals surface area contributed by atoms with Crippen LogP contribution in [-0.2, 0) is 14.6 Å². The molecule has 2 aliphatic heterocycles. The monoisotopic (exact) mass is 274 g/mol. The number of carbonyl (C=O) groups is 1. The fourth-order valence-electron chi connectivity index (χ4n) is 2.78. The van der Waals surface area contributed by atoms with Crippen LogP contribution in [0, 0.1) is 0 Å². The molecule has 0 spiro atoms. The summed E-state index contributed by atoms with van der Waals surface area (Å²) < 4.78 is 23.4. The molecule has 18 heavy (non-hydrogen) atoms. The molecule has 104 valence electrons. The van der Waals surface area contributed by atoms with Gasteiger partial charge in [0.25, 0.3) is 0 Å². The van der Waals surface area contributed by atoms with Crippen LogP contribution in [0.15, 0.2) is 0 Å². The smallest absolute Gasteiger partial charge is 0.219 e. The molecule has 1 atom stereocenters. The lowest BCUT2D eigenvalue weighted by molar-refractivity contribution is -0.129. The van der Waals surface area contributed by atoms with Crippen LogP contribution < -0.4 is 5.32 Å². The quantitative estimate of drug-likeness (QED) is 0.796. The normalized spacial score (nSPS) is 28.5. The molecule has 1 unspecified atom stereocenters. The zero-order chi connectivity index (χ0) is 13.2. The number of piperidine rings is 1. The zero-order valence-electron chi connectivity index (χ0n) is 10.9. The molecule has 1 N–H and O–H groups in total. The standard InChI is InChI=1S/C12H22N2O3S/c1-10(15)14-6-4-11(5-7-14)13-9-12-3-2-8-18(12,16)17/h11-13H,2-9H2,1H3. The minimum absolute atomic E-state index is 0.131. The van der Waals surface area contributed by atoms with Gasteiger partial charge in [-0.05, 0) is 25.7 Å². The molecule has 0 radical (unpaired) electrons. The Hall–Kier alpha value is -0.620. The van der Waals surface area contributed by atoms with Crippen molar-refractivity contribution in [3.63, 3.8) is 0 Å². The number of hydrogen-bond donors (Lipinski definition) is 1. The van der Waals surface area contributed by atoms with E-state index in [-0.39, 0.29) is 11.2 Å². The van der Waals surface area contributed by atoms with Gasteiger partial charge in [0, 0.05) is 32.6 Å².